The van der Waals surface area contributed by atoms with Gasteiger partial charge in [-0.15, -0.1) is 10.2 Å². The van der Waals surface area contributed by atoms with Gasteiger partial charge in [0, 0.05) is 37.5 Å². The first-order valence-electron chi connectivity index (χ1n) is 12.2. The Balaban J connectivity index is 1.68. The molecule has 10 nitrogen and oxygen atoms in total. The number of allylic oxidation sites excluding steroid dienone is 1. The second-order valence-electron chi connectivity index (χ2n) is 9.13. The molecule has 37 heavy (non-hydrogen) atoms. The summed E-state index contributed by atoms with van der Waals surface area (Å²) >= 11 is 6.81. The summed E-state index contributed by atoms with van der Waals surface area (Å²) in [4.78, 5) is 24.7. The third kappa shape index (κ3) is 5.66. The smallest absolute Gasteiger partial charge is 0.249 e. The molecule has 0 amide bonds. The van der Waals surface area contributed by atoms with E-state index in [1.54, 1.807) is 26.8 Å². The highest BCUT2D eigenvalue weighted by Crippen LogP contribution is 2.46. The summed E-state index contributed by atoms with van der Waals surface area (Å²) in [5.41, 5.74) is -0.656. The van der Waals surface area contributed by atoms with Crippen molar-refractivity contribution in [2.24, 2.45) is 5.92 Å². The third-order valence-corrected chi connectivity index (χ3v) is 6.92. The van der Waals surface area contributed by atoms with Gasteiger partial charge in [0.2, 0.25) is 17.4 Å². The first kappa shape index (κ1) is 27.1. The van der Waals surface area contributed by atoms with E-state index in [4.69, 9.17) is 39.7 Å². The number of hydrogen-bond acceptors (Lipinski definition) is 10. The molecule has 0 radical (unpaired) electrons. The molecule has 1 aliphatic heterocycles. The number of aryl methyl sites for hydroxylation is 1. The zero-order chi connectivity index (χ0) is 26.6. The molecular formula is C26H31ClN2O8. The molecule has 200 valence electrons. The van der Waals surface area contributed by atoms with Crippen molar-refractivity contribution in [2.75, 3.05) is 26.9 Å². The average molecular weight is 535 g/mol. The van der Waals surface area contributed by atoms with Crippen LogP contribution >= 0.6 is 11.6 Å². The van der Waals surface area contributed by atoms with Crippen LogP contribution in [0, 0.1) is 19.8 Å². The van der Waals surface area contributed by atoms with Crippen LogP contribution in [-0.2, 0) is 23.8 Å². The molecule has 2 heterocycles. The lowest BCUT2D eigenvalue weighted by atomic mass is 9.79. The van der Waals surface area contributed by atoms with E-state index < -0.39 is 11.5 Å². The summed E-state index contributed by atoms with van der Waals surface area (Å²) in [6.07, 6.45) is 4.74. The van der Waals surface area contributed by atoms with Crippen molar-refractivity contribution in [3.05, 3.63) is 34.4 Å². The number of aromatic nitrogens is 2. The molecular weight excluding hydrogens is 504 g/mol. The van der Waals surface area contributed by atoms with Gasteiger partial charge in [-0.3, -0.25) is 9.59 Å². The molecule has 1 saturated heterocycles. The highest BCUT2D eigenvalue weighted by molar-refractivity contribution is 6.35. The summed E-state index contributed by atoms with van der Waals surface area (Å²) in [6, 6.07) is 1.68. The first-order valence-corrected chi connectivity index (χ1v) is 12.6. The molecule has 1 aromatic carbocycles. The number of ether oxygens (including phenoxy) is 5. The minimum atomic E-state index is -1.57. The Morgan fingerprint density at radius 3 is 2.70 bits per heavy atom. The number of ketones is 1. The fourth-order valence-electron chi connectivity index (χ4n) is 4.46. The highest BCUT2D eigenvalue weighted by Gasteiger charge is 2.48. The molecule has 1 unspecified atom stereocenters. The van der Waals surface area contributed by atoms with Crippen LogP contribution in [0.5, 0.6) is 11.5 Å². The fraction of sp³-hybridized carbons (Fsp3) is 0.538. The van der Waals surface area contributed by atoms with Crippen molar-refractivity contribution in [1.29, 1.82) is 0 Å². The third-order valence-electron chi connectivity index (χ3n) is 6.54. The van der Waals surface area contributed by atoms with Gasteiger partial charge in [0.1, 0.15) is 18.1 Å². The van der Waals surface area contributed by atoms with E-state index >= 15 is 0 Å². The van der Waals surface area contributed by atoms with E-state index in [0.29, 0.717) is 42.3 Å². The van der Waals surface area contributed by atoms with E-state index in [1.165, 1.54) is 13.2 Å². The Morgan fingerprint density at radius 1 is 1.24 bits per heavy atom. The number of carbonyl (C=O) groups excluding carboxylic acids is 2. The lowest BCUT2D eigenvalue weighted by Crippen LogP contribution is -2.50. The van der Waals surface area contributed by atoms with Crippen molar-refractivity contribution >= 4 is 23.7 Å². The maximum absolute atomic E-state index is 12.5. The molecule has 2 aromatic rings. The van der Waals surface area contributed by atoms with Crippen LogP contribution in [-0.4, -0.2) is 61.1 Å². The second-order valence-corrected chi connectivity index (χ2v) is 9.51. The zero-order valence-corrected chi connectivity index (χ0v) is 22.1. The molecule has 1 aliphatic carbocycles. The first-order chi connectivity index (χ1) is 17.8. The molecule has 2 aliphatic rings. The highest BCUT2D eigenvalue weighted by atomic mass is 35.5. The van der Waals surface area contributed by atoms with Crippen molar-refractivity contribution in [2.45, 2.75) is 58.3 Å². The van der Waals surface area contributed by atoms with Crippen molar-refractivity contribution in [3.63, 3.8) is 0 Å². The molecule has 0 bridgehead atoms. The number of rotatable bonds is 10. The van der Waals surface area contributed by atoms with Gasteiger partial charge in [0.25, 0.3) is 0 Å². The topological polar surface area (TPSA) is 119 Å². The van der Waals surface area contributed by atoms with Gasteiger partial charge in [0.05, 0.1) is 24.3 Å². The van der Waals surface area contributed by atoms with Gasteiger partial charge in [0.15, 0.2) is 24.1 Å². The molecule has 3 atom stereocenters. The minimum Gasteiger partial charge on any atom is -0.496 e. The summed E-state index contributed by atoms with van der Waals surface area (Å²) in [5, 5.41) is 8.13. The van der Waals surface area contributed by atoms with Gasteiger partial charge < -0.3 is 28.1 Å². The van der Waals surface area contributed by atoms with Crippen molar-refractivity contribution < 1.29 is 37.7 Å². The minimum absolute atomic E-state index is 0.101. The molecule has 0 saturated carbocycles. The molecule has 4 rings (SSSR count). The number of carbonyl (C=O) groups is 2. The van der Waals surface area contributed by atoms with E-state index in [-0.39, 0.29) is 47.5 Å². The van der Waals surface area contributed by atoms with Gasteiger partial charge in [-0.05, 0) is 32.3 Å². The van der Waals surface area contributed by atoms with Gasteiger partial charge in [-0.2, -0.15) is 0 Å². The molecule has 1 aromatic heterocycles. The van der Waals surface area contributed by atoms with Crippen molar-refractivity contribution in [1.82, 2.24) is 10.2 Å². The molecule has 11 heteroatoms. The second kappa shape index (κ2) is 11.6. The van der Waals surface area contributed by atoms with Crippen molar-refractivity contribution in [3.8, 4) is 23.0 Å². The quantitative estimate of drug-likeness (QED) is 0.320. The molecule has 0 spiro atoms. The number of aldehydes is 1. The zero-order valence-electron chi connectivity index (χ0n) is 21.4. The Hall–Kier alpha value is -2.95. The number of benzene rings is 1. The largest absolute Gasteiger partial charge is 0.496 e. The Labute approximate surface area is 220 Å². The average Bonchev–Trinajstić information content (AvgIpc) is 3.33. The van der Waals surface area contributed by atoms with Gasteiger partial charge in [-0.1, -0.05) is 18.5 Å². The monoisotopic (exact) mass is 534 g/mol. The molecule has 0 N–H and O–H groups in total. The van der Waals surface area contributed by atoms with E-state index in [0.717, 1.165) is 19.3 Å². The summed E-state index contributed by atoms with van der Waals surface area (Å²) in [7, 11) is 1.38. The van der Waals surface area contributed by atoms with Crippen LogP contribution in [0.15, 0.2) is 22.3 Å². The number of methoxy groups -OCH3 is 1. The SMILES string of the molecule is COC1=CC(=O)C[C@@H](C)[C@]1(C=O)Oc1c(C)c(OCCOC2CCCCO2)cc(-c2nnc(C)o2)c1Cl. The normalized spacial score (nSPS) is 23.9. The van der Waals surface area contributed by atoms with Crippen LogP contribution in [0.1, 0.15) is 44.1 Å². The fourth-order valence-corrected chi connectivity index (χ4v) is 4.77. The van der Waals surface area contributed by atoms with E-state index in [2.05, 4.69) is 10.2 Å². The summed E-state index contributed by atoms with van der Waals surface area (Å²) < 4.78 is 34.8. The van der Waals surface area contributed by atoms with Gasteiger partial charge >= 0.3 is 0 Å². The lowest BCUT2D eigenvalue weighted by Gasteiger charge is -2.38. The standard InChI is InChI=1S/C26H31ClN2O8/c1-15-11-18(31)12-21(32-4)26(15,14-30)37-24-16(2)20(33-9-10-35-22-7-5-6-8-34-22)13-19(23(24)27)25-29-28-17(3)36-25/h12-15,22H,5-11H2,1-4H3/t15-,22?,26+/m1/s1. The number of hydrogen-bond donors (Lipinski definition) is 0. The van der Waals surface area contributed by atoms with Crippen LogP contribution < -0.4 is 9.47 Å². The maximum Gasteiger partial charge on any atom is 0.249 e. The summed E-state index contributed by atoms with van der Waals surface area (Å²) in [5.74, 6) is 0.554. The molecule has 1 fully saturated rings. The van der Waals surface area contributed by atoms with E-state index in [9.17, 15) is 9.59 Å². The number of nitrogens with zero attached hydrogens (tertiary/aromatic N) is 2. The Morgan fingerprint density at radius 2 is 2.05 bits per heavy atom. The van der Waals surface area contributed by atoms with E-state index in [1.807, 2.05) is 0 Å². The van der Waals surface area contributed by atoms with Gasteiger partial charge in [-0.25, -0.2) is 0 Å². The number of halogens is 1. The summed E-state index contributed by atoms with van der Waals surface area (Å²) in [6.45, 7) is 6.40. The van der Waals surface area contributed by atoms with Crippen LogP contribution in [0.3, 0.4) is 0 Å². The Kier molecular flexibility index (Phi) is 8.51. The van der Waals surface area contributed by atoms with Crippen LogP contribution in [0.2, 0.25) is 5.02 Å². The van der Waals surface area contributed by atoms with Crippen LogP contribution in [0.25, 0.3) is 11.5 Å². The predicted molar refractivity (Wildman–Crippen MR) is 133 cm³/mol. The Bertz CT molecular complexity index is 1170. The lowest BCUT2D eigenvalue weighted by molar-refractivity contribution is -0.165. The van der Waals surface area contributed by atoms with Crippen LogP contribution in [0.4, 0.5) is 0 Å². The predicted octanol–water partition coefficient (Wildman–Crippen LogP) is 4.38. The maximum atomic E-state index is 12.5.